The van der Waals surface area contributed by atoms with Crippen molar-refractivity contribution in [3.8, 4) is 0 Å². The summed E-state index contributed by atoms with van der Waals surface area (Å²) in [7, 11) is -3.78. The monoisotopic (exact) mass is 511 g/mol. The molecule has 1 amide bonds. The number of aryl methyl sites for hydroxylation is 2. The Labute approximate surface area is 212 Å². The lowest BCUT2D eigenvalue weighted by molar-refractivity contribution is -0.121. The van der Waals surface area contributed by atoms with Crippen molar-refractivity contribution in [2.75, 3.05) is 23.1 Å². The molecule has 35 heavy (non-hydrogen) atoms. The number of amides is 1. The summed E-state index contributed by atoms with van der Waals surface area (Å²) in [6.07, 6.45) is 1.60. The van der Waals surface area contributed by atoms with E-state index in [1.807, 2.05) is 0 Å². The molecule has 0 aliphatic carbocycles. The summed E-state index contributed by atoms with van der Waals surface area (Å²) in [6, 6.07) is 19.8. The number of rotatable bonds is 7. The third-order valence-electron chi connectivity index (χ3n) is 6.32. The number of hydrogen-bond acceptors (Lipinski definition) is 4. The van der Waals surface area contributed by atoms with Gasteiger partial charge >= 0.3 is 0 Å². The van der Waals surface area contributed by atoms with Gasteiger partial charge in [-0.15, -0.1) is 0 Å². The molecular weight excluding hydrogens is 482 g/mol. The maximum absolute atomic E-state index is 12.8. The highest BCUT2D eigenvalue weighted by molar-refractivity contribution is 7.92. The van der Waals surface area contributed by atoms with Gasteiger partial charge in [-0.2, -0.15) is 0 Å². The van der Waals surface area contributed by atoms with E-state index in [-0.39, 0.29) is 16.7 Å². The molecule has 8 heteroatoms. The van der Waals surface area contributed by atoms with Crippen molar-refractivity contribution in [3.05, 3.63) is 88.4 Å². The second kappa shape index (κ2) is 10.8. The van der Waals surface area contributed by atoms with Crippen LogP contribution in [0.25, 0.3) is 0 Å². The van der Waals surface area contributed by atoms with E-state index in [9.17, 15) is 13.2 Å². The molecule has 184 valence electrons. The fourth-order valence-corrected chi connectivity index (χ4v) is 5.59. The molecule has 1 aliphatic heterocycles. The van der Waals surface area contributed by atoms with E-state index >= 15 is 0 Å². The lowest BCUT2D eigenvalue weighted by Crippen LogP contribution is -2.37. The molecule has 0 spiro atoms. The number of carbonyl (C=O) groups excluding carboxylic acids is 1. The first kappa shape index (κ1) is 25.2. The average molecular weight is 512 g/mol. The highest BCUT2D eigenvalue weighted by atomic mass is 35.5. The third-order valence-corrected chi connectivity index (χ3v) is 7.94. The fraction of sp³-hybridized carbons (Fsp3) is 0.296. The molecule has 1 fully saturated rings. The Balaban J connectivity index is 1.31. The van der Waals surface area contributed by atoms with Crippen LogP contribution in [0.15, 0.2) is 71.6 Å². The molecule has 3 aromatic rings. The number of anilines is 2. The van der Waals surface area contributed by atoms with Crippen molar-refractivity contribution >= 4 is 38.9 Å². The van der Waals surface area contributed by atoms with E-state index in [0.29, 0.717) is 16.4 Å². The number of carbonyl (C=O) groups is 1. The molecular formula is C27H30ClN3O3S. The molecule has 3 aromatic carbocycles. The first-order valence-electron chi connectivity index (χ1n) is 11.7. The zero-order chi connectivity index (χ0) is 25.0. The van der Waals surface area contributed by atoms with E-state index in [1.165, 1.54) is 23.3 Å². The maximum atomic E-state index is 12.8. The van der Waals surface area contributed by atoms with Crippen LogP contribution >= 0.6 is 11.6 Å². The lowest BCUT2D eigenvalue weighted by Gasteiger charge is -2.31. The van der Waals surface area contributed by atoms with Gasteiger partial charge in [-0.25, -0.2) is 8.42 Å². The summed E-state index contributed by atoms with van der Waals surface area (Å²) in [5.74, 6) is -0.0804. The minimum atomic E-state index is -3.78. The van der Waals surface area contributed by atoms with Gasteiger partial charge in [0.15, 0.2) is 0 Å². The van der Waals surface area contributed by atoms with Crippen molar-refractivity contribution < 1.29 is 13.2 Å². The number of nitrogens with zero attached hydrogens (tertiary/aromatic N) is 1. The topological polar surface area (TPSA) is 78.5 Å². The van der Waals surface area contributed by atoms with Crippen LogP contribution in [0.3, 0.4) is 0 Å². The van der Waals surface area contributed by atoms with E-state index in [0.717, 1.165) is 38.0 Å². The van der Waals surface area contributed by atoms with Crippen molar-refractivity contribution in [1.82, 2.24) is 4.90 Å². The molecule has 0 aromatic heterocycles. The Bertz CT molecular complexity index is 1300. The number of halogens is 1. The van der Waals surface area contributed by atoms with Crippen LogP contribution in [0.5, 0.6) is 0 Å². The Morgan fingerprint density at radius 2 is 1.71 bits per heavy atom. The van der Waals surface area contributed by atoms with Crippen LogP contribution in [0.4, 0.5) is 11.4 Å². The second-order valence-corrected chi connectivity index (χ2v) is 11.2. The molecule has 1 aliphatic rings. The minimum Gasteiger partial charge on any atom is -0.326 e. The summed E-state index contributed by atoms with van der Waals surface area (Å²) >= 11 is 6.00. The van der Waals surface area contributed by atoms with Gasteiger partial charge in [0.05, 0.1) is 10.6 Å². The van der Waals surface area contributed by atoms with Gasteiger partial charge in [0.25, 0.3) is 10.0 Å². The molecule has 0 atom stereocenters. The highest BCUT2D eigenvalue weighted by Crippen LogP contribution is 2.25. The highest BCUT2D eigenvalue weighted by Gasteiger charge is 2.25. The number of hydrogen-bond donors (Lipinski definition) is 2. The van der Waals surface area contributed by atoms with Gasteiger partial charge in [0.2, 0.25) is 5.91 Å². The molecule has 4 rings (SSSR count). The van der Waals surface area contributed by atoms with Crippen LogP contribution in [0.1, 0.15) is 29.5 Å². The standard InChI is InChI=1S/C27H30ClN3O3S/c1-19-4-3-5-21(16-19)18-31-14-12-22(13-15-31)27(32)29-24-8-10-25(11-9-24)35(33,34)30-26-17-23(28)7-6-20(26)2/h3-11,16-17,22,30H,12-15,18H2,1-2H3,(H,29,32). The van der Waals surface area contributed by atoms with E-state index in [2.05, 4.69) is 46.1 Å². The summed E-state index contributed by atoms with van der Waals surface area (Å²) in [6.45, 7) is 6.54. The molecule has 1 heterocycles. The van der Waals surface area contributed by atoms with Gasteiger partial charge in [-0.1, -0.05) is 47.5 Å². The van der Waals surface area contributed by atoms with Crippen LogP contribution in [-0.4, -0.2) is 32.3 Å². The number of sulfonamides is 1. The molecule has 0 bridgehead atoms. The van der Waals surface area contributed by atoms with Crippen LogP contribution < -0.4 is 10.0 Å². The summed E-state index contributed by atoms with van der Waals surface area (Å²) in [5, 5.41) is 3.39. The normalized spacial score (nSPS) is 15.1. The molecule has 0 radical (unpaired) electrons. The maximum Gasteiger partial charge on any atom is 0.261 e. The minimum absolute atomic E-state index is 0.0245. The van der Waals surface area contributed by atoms with Gasteiger partial charge in [-0.3, -0.25) is 14.4 Å². The van der Waals surface area contributed by atoms with E-state index < -0.39 is 10.0 Å². The van der Waals surface area contributed by atoms with Crippen LogP contribution in [0.2, 0.25) is 5.02 Å². The zero-order valence-corrected chi connectivity index (χ0v) is 21.5. The summed E-state index contributed by atoms with van der Waals surface area (Å²) < 4.78 is 28.1. The lowest BCUT2D eigenvalue weighted by atomic mass is 9.95. The van der Waals surface area contributed by atoms with Crippen molar-refractivity contribution in [2.45, 2.75) is 38.1 Å². The van der Waals surface area contributed by atoms with E-state index in [1.54, 1.807) is 37.3 Å². The Hall–Kier alpha value is -2.87. The van der Waals surface area contributed by atoms with Crippen LogP contribution in [0, 0.1) is 19.8 Å². The number of benzene rings is 3. The van der Waals surface area contributed by atoms with Gasteiger partial charge in [0.1, 0.15) is 0 Å². The molecule has 0 saturated carbocycles. The Morgan fingerprint density at radius 1 is 1.00 bits per heavy atom. The van der Waals surface area contributed by atoms with Gasteiger partial charge in [-0.05, 0) is 87.3 Å². The van der Waals surface area contributed by atoms with Crippen LogP contribution in [-0.2, 0) is 21.4 Å². The summed E-state index contributed by atoms with van der Waals surface area (Å²) in [4.78, 5) is 15.3. The first-order chi connectivity index (χ1) is 16.7. The molecule has 1 saturated heterocycles. The van der Waals surface area contributed by atoms with Gasteiger partial charge < -0.3 is 5.32 Å². The Morgan fingerprint density at radius 3 is 2.40 bits per heavy atom. The smallest absolute Gasteiger partial charge is 0.261 e. The number of likely N-dealkylation sites (tertiary alicyclic amines) is 1. The SMILES string of the molecule is Cc1cccc(CN2CCC(C(=O)Nc3ccc(S(=O)(=O)Nc4cc(Cl)ccc4C)cc3)CC2)c1. The molecule has 6 nitrogen and oxygen atoms in total. The van der Waals surface area contributed by atoms with Gasteiger partial charge in [0, 0.05) is 23.2 Å². The van der Waals surface area contributed by atoms with Crippen molar-refractivity contribution in [1.29, 1.82) is 0 Å². The van der Waals surface area contributed by atoms with Crippen molar-refractivity contribution in [2.24, 2.45) is 5.92 Å². The number of nitrogens with one attached hydrogen (secondary N) is 2. The largest absolute Gasteiger partial charge is 0.326 e. The zero-order valence-electron chi connectivity index (χ0n) is 19.9. The third kappa shape index (κ3) is 6.63. The summed E-state index contributed by atoms with van der Waals surface area (Å²) in [5.41, 5.74) is 4.33. The van der Waals surface area contributed by atoms with E-state index in [4.69, 9.17) is 11.6 Å². The second-order valence-electron chi connectivity index (χ2n) is 9.12. The van der Waals surface area contributed by atoms with Crippen molar-refractivity contribution in [3.63, 3.8) is 0 Å². The molecule has 2 N–H and O–H groups in total. The predicted octanol–water partition coefficient (Wildman–Crippen LogP) is 5.61. The average Bonchev–Trinajstić information content (AvgIpc) is 2.82. The first-order valence-corrected chi connectivity index (χ1v) is 13.5. The Kier molecular flexibility index (Phi) is 7.79. The fourth-order valence-electron chi connectivity index (χ4n) is 4.29. The quantitative estimate of drug-likeness (QED) is 0.432. The molecule has 0 unspecified atom stereocenters. The number of piperidine rings is 1. The predicted molar refractivity (Wildman–Crippen MR) is 141 cm³/mol.